The molecule has 0 aromatic carbocycles. The molecule has 0 aromatic rings. The Labute approximate surface area is 94.1 Å². The number of hydrogen-bond acceptors (Lipinski definition) is 0. The fraction of sp³-hybridized carbons (Fsp3) is 0.556. The summed E-state index contributed by atoms with van der Waals surface area (Å²) in [7, 11) is -2.70. The quantitative estimate of drug-likeness (QED) is 0.387. The van der Waals surface area contributed by atoms with E-state index in [2.05, 4.69) is 26.3 Å². The lowest BCUT2D eigenvalue weighted by Gasteiger charge is -2.06. The van der Waals surface area contributed by atoms with E-state index in [1.165, 1.54) is 0 Å². The molecule has 0 spiro atoms. The lowest BCUT2D eigenvalue weighted by Crippen LogP contribution is -2.13. The highest BCUT2D eigenvalue weighted by Crippen LogP contribution is 2.13. The van der Waals surface area contributed by atoms with Gasteiger partial charge in [0.1, 0.15) is 0 Å². The highest BCUT2D eigenvalue weighted by atomic mass is 35.6. The Balaban J connectivity index is 0. The van der Waals surface area contributed by atoms with Crippen LogP contribution in [0.4, 0.5) is 0 Å². The van der Waals surface area contributed by atoms with Gasteiger partial charge in [0.2, 0.25) is 0 Å². The molecule has 0 amide bonds. The van der Waals surface area contributed by atoms with Gasteiger partial charge in [0.05, 0.1) is 0 Å². The van der Waals surface area contributed by atoms with Gasteiger partial charge in [0.25, 0.3) is 0 Å². The summed E-state index contributed by atoms with van der Waals surface area (Å²) in [6, 6.07) is 1.01. The van der Waals surface area contributed by atoms with Crippen molar-refractivity contribution in [2.45, 2.75) is 32.2 Å². The van der Waals surface area contributed by atoms with Gasteiger partial charge in [-0.05, 0) is 6.04 Å². The van der Waals surface area contributed by atoms with E-state index in [0.717, 1.165) is 6.04 Å². The van der Waals surface area contributed by atoms with E-state index < -0.39 is 14.8 Å². The molecule has 0 N–H and O–H groups in total. The summed E-state index contributed by atoms with van der Waals surface area (Å²) in [4.78, 5) is 0. The minimum atomic E-state index is -1.40. The molecule has 0 aromatic heterocycles. The molecule has 4 heteroatoms. The first-order chi connectivity index (χ1) is 5.62. The van der Waals surface area contributed by atoms with Crippen LogP contribution in [0.25, 0.3) is 0 Å². The van der Waals surface area contributed by atoms with E-state index in [1.807, 2.05) is 24.9 Å². The van der Waals surface area contributed by atoms with Gasteiger partial charge in [-0.15, -0.1) is 13.2 Å². The van der Waals surface area contributed by atoms with E-state index in [9.17, 15) is 0 Å². The van der Waals surface area contributed by atoms with Crippen LogP contribution >= 0.6 is 22.2 Å². The lowest BCUT2D eigenvalue weighted by atomic mass is 10.8. The first-order valence-electron chi connectivity index (χ1n) is 4.24. The van der Waals surface area contributed by atoms with Crippen molar-refractivity contribution < 1.29 is 0 Å². The summed E-state index contributed by atoms with van der Waals surface area (Å²) in [6.45, 7) is 15.4. The summed E-state index contributed by atoms with van der Waals surface area (Å²) < 4.78 is 0. The van der Waals surface area contributed by atoms with Crippen molar-refractivity contribution in [1.82, 2.24) is 0 Å². The lowest BCUT2D eigenvalue weighted by molar-refractivity contribution is 1.61. The van der Waals surface area contributed by atoms with Crippen LogP contribution in [-0.4, -0.2) is 14.8 Å². The minimum Gasteiger partial charge on any atom is -0.167 e. The van der Waals surface area contributed by atoms with E-state index in [0.29, 0.717) is 0 Å². The summed E-state index contributed by atoms with van der Waals surface area (Å²) in [5, 5.41) is 0. The molecule has 0 unspecified atom stereocenters. The standard InChI is InChI=1S/C5H11ClSi.C4H9ClSi/c1-4-5-7(2,3)6;1-4-6(2,3)5/h4H,1,5H2,2-3H3;4H,1H2,2-3H3. The third-order valence-electron chi connectivity index (χ3n) is 1.12. The molecule has 13 heavy (non-hydrogen) atoms. The Kier molecular flexibility index (Phi) is 8.43. The molecule has 0 aliphatic heterocycles. The van der Waals surface area contributed by atoms with E-state index in [1.54, 1.807) is 0 Å². The van der Waals surface area contributed by atoms with Crippen LogP contribution in [0.15, 0.2) is 24.9 Å². The largest absolute Gasteiger partial charge is 0.173 e. The van der Waals surface area contributed by atoms with Crippen LogP contribution in [-0.2, 0) is 0 Å². The van der Waals surface area contributed by atoms with Crippen molar-refractivity contribution >= 4 is 36.9 Å². The van der Waals surface area contributed by atoms with Crippen molar-refractivity contribution in [1.29, 1.82) is 0 Å². The van der Waals surface area contributed by atoms with Crippen molar-refractivity contribution in [3.05, 3.63) is 24.9 Å². The van der Waals surface area contributed by atoms with Gasteiger partial charge in [-0.2, -0.15) is 22.2 Å². The second-order valence-corrected chi connectivity index (χ2v) is 17.4. The van der Waals surface area contributed by atoms with E-state index in [-0.39, 0.29) is 0 Å². The Bertz CT molecular complexity index is 154. The molecule has 0 heterocycles. The molecular weight excluding hydrogens is 235 g/mol. The third kappa shape index (κ3) is 24.5. The molecule has 0 saturated carbocycles. The molecular formula is C9H20Cl2Si2. The topological polar surface area (TPSA) is 0 Å². The first-order valence-corrected chi connectivity index (χ1v) is 12.6. The highest BCUT2D eigenvalue weighted by molar-refractivity contribution is 7.21. The summed E-state index contributed by atoms with van der Waals surface area (Å²) >= 11 is 11.6. The van der Waals surface area contributed by atoms with Crippen molar-refractivity contribution in [2.75, 3.05) is 0 Å². The fourth-order valence-electron chi connectivity index (χ4n) is 0.343. The van der Waals surface area contributed by atoms with Crippen molar-refractivity contribution in [3.63, 3.8) is 0 Å². The molecule has 0 rings (SSSR count). The van der Waals surface area contributed by atoms with Gasteiger partial charge in [0.15, 0.2) is 14.8 Å². The molecule has 0 aliphatic carbocycles. The van der Waals surface area contributed by atoms with Gasteiger partial charge in [-0.1, -0.05) is 38.0 Å². The van der Waals surface area contributed by atoms with Crippen LogP contribution in [0.5, 0.6) is 0 Å². The second kappa shape index (κ2) is 6.88. The van der Waals surface area contributed by atoms with Crippen molar-refractivity contribution in [2.24, 2.45) is 0 Å². The predicted molar refractivity (Wildman–Crippen MR) is 71.9 cm³/mol. The maximum Gasteiger partial charge on any atom is 0.173 e. The predicted octanol–water partition coefficient (Wildman–Crippen LogP) is 4.77. The van der Waals surface area contributed by atoms with E-state index >= 15 is 0 Å². The average molecular weight is 255 g/mol. The molecule has 0 radical (unpaired) electrons. The Morgan fingerprint density at radius 2 is 1.38 bits per heavy atom. The Morgan fingerprint density at radius 3 is 1.38 bits per heavy atom. The summed E-state index contributed by atoms with van der Waals surface area (Å²) in [5.74, 6) is 0. The van der Waals surface area contributed by atoms with Gasteiger partial charge in [-0.25, -0.2) is 0 Å². The van der Waals surface area contributed by atoms with Crippen LogP contribution in [0.2, 0.25) is 32.2 Å². The number of hydrogen-bond donors (Lipinski definition) is 0. The minimum absolute atomic E-state index is 1.01. The fourth-order valence-corrected chi connectivity index (χ4v) is 1.36. The zero-order valence-electron chi connectivity index (χ0n) is 9.03. The Hall–Kier alpha value is 0.494. The molecule has 0 aliphatic rings. The van der Waals surface area contributed by atoms with Gasteiger partial charge < -0.3 is 0 Å². The first kappa shape index (κ1) is 15.9. The average Bonchev–Trinajstić information content (AvgIpc) is 1.84. The van der Waals surface area contributed by atoms with Crippen LogP contribution in [0.1, 0.15) is 0 Å². The zero-order chi connectivity index (χ0) is 11.1. The van der Waals surface area contributed by atoms with Gasteiger partial charge in [-0.3, -0.25) is 0 Å². The summed E-state index contributed by atoms with van der Waals surface area (Å²) in [6.07, 6.45) is 1.89. The third-order valence-corrected chi connectivity index (χ3v) is 4.27. The molecule has 0 fully saturated rings. The number of halogens is 2. The second-order valence-electron chi connectivity index (χ2n) is 3.98. The number of allylic oxidation sites excluding steroid dienone is 1. The molecule has 78 valence electrons. The normalized spacial score (nSPS) is 11.2. The maximum absolute atomic E-state index is 5.90. The SMILES string of the molecule is C=CC[Si](C)(C)Cl.C=C[Si](C)(C)Cl. The smallest absolute Gasteiger partial charge is 0.167 e. The van der Waals surface area contributed by atoms with Crippen LogP contribution in [0, 0.1) is 0 Å². The molecule has 0 bridgehead atoms. The zero-order valence-corrected chi connectivity index (χ0v) is 12.5. The van der Waals surface area contributed by atoms with Crippen LogP contribution < -0.4 is 0 Å². The van der Waals surface area contributed by atoms with Gasteiger partial charge >= 0.3 is 0 Å². The van der Waals surface area contributed by atoms with Crippen molar-refractivity contribution in [3.8, 4) is 0 Å². The molecule has 0 saturated heterocycles. The maximum atomic E-state index is 5.90. The highest BCUT2D eigenvalue weighted by Gasteiger charge is 2.12. The van der Waals surface area contributed by atoms with Crippen LogP contribution in [0.3, 0.4) is 0 Å². The Morgan fingerprint density at radius 1 is 1.08 bits per heavy atom. The van der Waals surface area contributed by atoms with E-state index in [4.69, 9.17) is 22.2 Å². The summed E-state index contributed by atoms with van der Waals surface area (Å²) in [5.41, 5.74) is 1.84. The molecule has 0 atom stereocenters. The monoisotopic (exact) mass is 254 g/mol. The van der Waals surface area contributed by atoms with Gasteiger partial charge in [0, 0.05) is 0 Å². The number of rotatable bonds is 3. The molecule has 0 nitrogen and oxygen atoms in total.